The van der Waals surface area contributed by atoms with E-state index in [0.717, 1.165) is 81.5 Å². The van der Waals surface area contributed by atoms with Gasteiger partial charge in [-0.3, -0.25) is 15.6 Å². The molecule has 2 saturated heterocycles. The van der Waals surface area contributed by atoms with Crippen molar-refractivity contribution in [3.63, 3.8) is 0 Å². The molecule has 2 aromatic rings. The summed E-state index contributed by atoms with van der Waals surface area (Å²) in [5, 5.41) is 0. The Morgan fingerprint density at radius 1 is 1.09 bits per heavy atom. The highest BCUT2D eigenvalue weighted by atomic mass is 19.1. The number of hydrazine groups is 1. The number of hydrogen-bond donors (Lipinski definition) is 2. The molecule has 2 fully saturated rings. The van der Waals surface area contributed by atoms with Crippen LogP contribution in [0.2, 0.25) is 0 Å². The number of hydrogen-bond acceptors (Lipinski definition) is 5. The van der Waals surface area contributed by atoms with Gasteiger partial charge in [0, 0.05) is 45.0 Å². The van der Waals surface area contributed by atoms with Gasteiger partial charge in [0.25, 0.3) is 5.91 Å². The molecular formula is C26H36FN5O. The van der Waals surface area contributed by atoms with Gasteiger partial charge in [-0.15, -0.1) is 0 Å². The third-order valence-electron chi connectivity index (χ3n) is 6.82. The highest BCUT2D eigenvalue weighted by molar-refractivity contribution is 5.98. The number of rotatable bonds is 9. The van der Waals surface area contributed by atoms with Crippen LogP contribution in [0.15, 0.2) is 42.6 Å². The Morgan fingerprint density at radius 2 is 1.88 bits per heavy atom. The van der Waals surface area contributed by atoms with Gasteiger partial charge in [-0.1, -0.05) is 25.0 Å². The van der Waals surface area contributed by atoms with E-state index in [-0.39, 0.29) is 17.8 Å². The number of unbranched alkanes of at least 4 members (excludes halogenated alkanes) is 2. The molecular weight excluding hydrogens is 417 g/mol. The number of nitrogens with zero attached hydrogens (tertiary/aromatic N) is 3. The van der Waals surface area contributed by atoms with Crippen molar-refractivity contribution >= 4 is 11.7 Å². The van der Waals surface area contributed by atoms with Crippen molar-refractivity contribution in [2.75, 3.05) is 31.6 Å². The number of carbonyl (C=O) groups is 1. The van der Waals surface area contributed by atoms with Crippen molar-refractivity contribution in [3.05, 3.63) is 59.5 Å². The summed E-state index contributed by atoms with van der Waals surface area (Å²) >= 11 is 0. The van der Waals surface area contributed by atoms with E-state index < -0.39 is 0 Å². The molecule has 2 aliphatic heterocycles. The highest BCUT2D eigenvalue weighted by Gasteiger charge is 2.25. The van der Waals surface area contributed by atoms with Gasteiger partial charge in [0.2, 0.25) is 0 Å². The lowest BCUT2D eigenvalue weighted by Gasteiger charge is -2.30. The number of carbonyl (C=O) groups excluding carboxylic acids is 1. The maximum Gasteiger partial charge on any atom is 0.257 e. The molecule has 3 heterocycles. The average molecular weight is 454 g/mol. The Balaban J connectivity index is 1.18. The SMILES string of the molecule is CN(CCCCCC1CC(c2ccc(F)cc2)NN1)C(=O)c1cccnc1N1CCCCC1. The van der Waals surface area contributed by atoms with Gasteiger partial charge in [-0.2, -0.15) is 0 Å². The molecule has 0 spiro atoms. The van der Waals surface area contributed by atoms with E-state index in [4.69, 9.17) is 0 Å². The third kappa shape index (κ3) is 6.30. The van der Waals surface area contributed by atoms with Gasteiger partial charge in [0.1, 0.15) is 11.6 Å². The Morgan fingerprint density at radius 3 is 2.67 bits per heavy atom. The van der Waals surface area contributed by atoms with E-state index >= 15 is 0 Å². The zero-order valence-electron chi connectivity index (χ0n) is 19.6. The molecule has 2 atom stereocenters. The molecule has 1 aromatic heterocycles. The second kappa shape index (κ2) is 11.6. The van der Waals surface area contributed by atoms with Crippen LogP contribution in [0, 0.1) is 5.82 Å². The Kier molecular flexibility index (Phi) is 8.29. The fourth-order valence-electron chi connectivity index (χ4n) is 4.87. The Labute approximate surface area is 196 Å². The zero-order valence-corrected chi connectivity index (χ0v) is 19.6. The summed E-state index contributed by atoms with van der Waals surface area (Å²) in [5.74, 6) is 0.702. The lowest BCUT2D eigenvalue weighted by atomic mass is 9.99. The fourth-order valence-corrected chi connectivity index (χ4v) is 4.87. The first kappa shape index (κ1) is 23.6. The quantitative estimate of drug-likeness (QED) is 0.550. The van der Waals surface area contributed by atoms with Crippen molar-refractivity contribution < 1.29 is 9.18 Å². The first-order valence-corrected chi connectivity index (χ1v) is 12.3. The number of pyridine rings is 1. The maximum atomic E-state index is 13.1. The lowest BCUT2D eigenvalue weighted by Crippen LogP contribution is -2.34. The maximum absolute atomic E-state index is 13.1. The molecule has 2 N–H and O–H groups in total. The molecule has 2 unspecified atom stereocenters. The fraction of sp³-hybridized carbons (Fsp3) is 0.538. The van der Waals surface area contributed by atoms with Crippen LogP contribution in [0.5, 0.6) is 0 Å². The van der Waals surface area contributed by atoms with E-state index in [9.17, 15) is 9.18 Å². The molecule has 7 heteroatoms. The first-order valence-electron chi connectivity index (χ1n) is 12.3. The van der Waals surface area contributed by atoms with Crippen molar-refractivity contribution in [2.45, 2.75) is 63.5 Å². The number of halogens is 1. The van der Waals surface area contributed by atoms with Gasteiger partial charge >= 0.3 is 0 Å². The average Bonchev–Trinajstić information content (AvgIpc) is 3.33. The summed E-state index contributed by atoms with van der Waals surface area (Å²) in [6.07, 6.45) is 10.6. The summed E-state index contributed by atoms with van der Waals surface area (Å²) in [4.78, 5) is 21.7. The van der Waals surface area contributed by atoms with Gasteiger partial charge in [0.15, 0.2) is 0 Å². The summed E-state index contributed by atoms with van der Waals surface area (Å²) in [6, 6.07) is 11.1. The number of benzene rings is 1. The smallest absolute Gasteiger partial charge is 0.257 e. The van der Waals surface area contributed by atoms with Crippen LogP contribution in [0.25, 0.3) is 0 Å². The molecule has 4 rings (SSSR count). The van der Waals surface area contributed by atoms with Gasteiger partial charge < -0.3 is 9.80 Å². The molecule has 6 nitrogen and oxygen atoms in total. The predicted octanol–water partition coefficient (Wildman–Crippen LogP) is 4.45. The van der Waals surface area contributed by atoms with Crippen LogP contribution < -0.4 is 15.8 Å². The number of piperidine rings is 1. The lowest BCUT2D eigenvalue weighted by molar-refractivity contribution is 0.0792. The minimum atomic E-state index is -0.198. The van der Waals surface area contributed by atoms with E-state index in [0.29, 0.717) is 6.04 Å². The normalized spacial score (nSPS) is 20.7. The molecule has 1 amide bonds. The van der Waals surface area contributed by atoms with Gasteiger partial charge in [-0.25, -0.2) is 9.37 Å². The van der Waals surface area contributed by atoms with Crippen LogP contribution >= 0.6 is 0 Å². The minimum absolute atomic E-state index is 0.0625. The molecule has 1 aromatic carbocycles. The van der Waals surface area contributed by atoms with Crippen molar-refractivity contribution in [1.82, 2.24) is 20.7 Å². The second-order valence-corrected chi connectivity index (χ2v) is 9.32. The minimum Gasteiger partial charge on any atom is -0.356 e. The van der Waals surface area contributed by atoms with Crippen molar-refractivity contribution in [3.8, 4) is 0 Å². The summed E-state index contributed by atoms with van der Waals surface area (Å²) < 4.78 is 13.1. The van der Waals surface area contributed by atoms with Gasteiger partial charge in [0.05, 0.1) is 5.56 Å². The molecule has 0 radical (unpaired) electrons. The van der Waals surface area contributed by atoms with E-state index in [1.54, 1.807) is 6.20 Å². The predicted molar refractivity (Wildman–Crippen MR) is 130 cm³/mol. The third-order valence-corrected chi connectivity index (χ3v) is 6.82. The number of anilines is 1. The Bertz CT molecular complexity index is 900. The molecule has 0 saturated carbocycles. The molecule has 2 aliphatic rings. The summed E-state index contributed by atoms with van der Waals surface area (Å²) in [5.41, 5.74) is 8.54. The summed E-state index contributed by atoms with van der Waals surface area (Å²) in [6.45, 7) is 2.71. The van der Waals surface area contributed by atoms with Crippen LogP contribution in [0.3, 0.4) is 0 Å². The highest BCUT2D eigenvalue weighted by Crippen LogP contribution is 2.25. The molecule has 33 heavy (non-hydrogen) atoms. The van der Waals surface area contributed by atoms with E-state index in [1.807, 2.05) is 36.2 Å². The van der Waals surface area contributed by atoms with Crippen LogP contribution in [-0.2, 0) is 0 Å². The Hall–Kier alpha value is -2.51. The van der Waals surface area contributed by atoms with Crippen LogP contribution in [0.4, 0.5) is 10.2 Å². The van der Waals surface area contributed by atoms with E-state index in [1.165, 1.54) is 18.6 Å². The largest absolute Gasteiger partial charge is 0.356 e. The number of aromatic nitrogens is 1. The molecule has 178 valence electrons. The monoisotopic (exact) mass is 453 g/mol. The topological polar surface area (TPSA) is 60.5 Å². The zero-order chi connectivity index (χ0) is 23.0. The number of amides is 1. The standard InChI is InChI=1S/C26H36FN5O/c1-31(26(33)23-10-8-15-28-25(23)32-17-6-3-7-18-32)16-5-2-4-9-22-19-24(30-29-22)20-11-13-21(27)14-12-20/h8,10-15,22,24,29-30H,2-7,9,16-19H2,1H3. The first-order chi connectivity index (χ1) is 16.1. The van der Waals surface area contributed by atoms with E-state index in [2.05, 4.69) is 20.7 Å². The van der Waals surface area contributed by atoms with Crippen LogP contribution in [0.1, 0.15) is 73.3 Å². The summed E-state index contributed by atoms with van der Waals surface area (Å²) in [7, 11) is 1.89. The van der Waals surface area contributed by atoms with Crippen LogP contribution in [-0.4, -0.2) is 48.5 Å². The molecule has 0 aliphatic carbocycles. The van der Waals surface area contributed by atoms with Crippen molar-refractivity contribution in [2.24, 2.45) is 0 Å². The number of nitrogens with one attached hydrogen (secondary N) is 2. The van der Waals surface area contributed by atoms with Crippen molar-refractivity contribution in [1.29, 1.82) is 0 Å². The van der Waals surface area contributed by atoms with Gasteiger partial charge in [-0.05, 0) is 68.4 Å². The second-order valence-electron chi connectivity index (χ2n) is 9.32. The molecule has 0 bridgehead atoms.